The van der Waals surface area contributed by atoms with E-state index in [4.69, 9.17) is 4.52 Å². The average Bonchev–Trinajstić information content (AvgIpc) is 2.05. The Labute approximate surface area is 80.9 Å². The Bertz CT molecular complexity index is 288. The summed E-state index contributed by atoms with van der Waals surface area (Å²) in [6, 6.07) is 7.32. The fourth-order valence-electron chi connectivity index (χ4n) is 0.781. The SMILES string of the molecule is CCO[P+](=O)c1cccc(Br)c1. The molecule has 1 aromatic carbocycles. The zero-order valence-electron chi connectivity index (χ0n) is 6.66. The molecule has 0 aliphatic rings. The second kappa shape index (κ2) is 4.70. The minimum absolute atomic E-state index is 0.474. The molecule has 12 heavy (non-hydrogen) atoms. The number of rotatable bonds is 3. The molecule has 0 aliphatic heterocycles. The Morgan fingerprint density at radius 2 is 2.33 bits per heavy atom. The third kappa shape index (κ3) is 2.67. The molecule has 1 unspecified atom stereocenters. The van der Waals surface area contributed by atoms with Crippen molar-refractivity contribution in [3.05, 3.63) is 28.7 Å². The van der Waals surface area contributed by atoms with Crippen LogP contribution in [0.4, 0.5) is 0 Å². The summed E-state index contributed by atoms with van der Waals surface area (Å²) >= 11 is 3.30. The van der Waals surface area contributed by atoms with Crippen molar-refractivity contribution in [1.29, 1.82) is 0 Å². The van der Waals surface area contributed by atoms with Crippen LogP contribution in [0, 0.1) is 0 Å². The number of benzene rings is 1. The Morgan fingerprint density at radius 1 is 1.58 bits per heavy atom. The van der Waals surface area contributed by atoms with E-state index in [9.17, 15) is 4.57 Å². The van der Waals surface area contributed by atoms with Gasteiger partial charge in [0.2, 0.25) is 5.30 Å². The third-order valence-corrected chi connectivity index (χ3v) is 2.95. The van der Waals surface area contributed by atoms with E-state index in [1.807, 2.05) is 19.1 Å². The summed E-state index contributed by atoms with van der Waals surface area (Å²) < 4.78 is 17.2. The van der Waals surface area contributed by atoms with E-state index in [0.29, 0.717) is 6.61 Å². The first-order valence-electron chi connectivity index (χ1n) is 3.59. The van der Waals surface area contributed by atoms with Crippen LogP contribution in [-0.4, -0.2) is 6.61 Å². The highest BCUT2D eigenvalue weighted by molar-refractivity contribution is 9.10. The molecule has 0 aliphatic carbocycles. The second-order valence-electron chi connectivity index (χ2n) is 2.15. The normalized spacial score (nSPS) is 11.3. The highest BCUT2D eigenvalue weighted by Gasteiger charge is 2.20. The first-order chi connectivity index (χ1) is 5.74. The van der Waals surface area contributed by atoms with Crippen molar-refractivity contribution >= 4 is 29.3 Å². The van der Waals surface area contributed by atoms with Gasteiger partial charge in [0.1, 0.15) is 6.61 Å². The van der Waals surface area contributed by atoms with E-state index in [2.05, 4.69) is 15.9 Å². The van der Waals surface area contributed by atoms with Crippen LogP contribution in [0.5, 0.6) is 0 Å². The van der Waals surface area contributed by atoms with Crippen LogP contribution in [-0.2, 0) is 9.09 Å². The predicted molar refractivity (Wildman–Crippen MR) is 53.0 cm³/mol. The van der Waals surface area contributed by atoms with Gasteiger partial charge in [0.05, 0.1) is 0 Å². The molecule has 0 fully saturated rings. The predicted octanol–water partition coefficient (Wildman–Crippen LogP) is 2.85. The topological polar surface area (TPSA) is 26.3 Å². The van der Waals surface area contributed by atoms with Crippen molar-refractivity contribution < 1.29 is 9.09 Å². The van der Waals surface area contributed by atoms with E-state index in [-0.39, 0.29) is 0 Å². The maximum atomic E-state index is 11.3. The van der Waals surface area contributed by atoms with Gasteiger partial charge in [-0.25, -0.2) is 0 Å². The standard InChI is InChI=1S/C8H9BrO2P/c1-2-11-12(10)8-5-3-4-7(9)6-8/h3-6H,2H2,1H3/q+1. The molecule has 1 atom stereocenters. The van der Waals surface area contributed by atoms with Crippen molar-refractivity contribution in [3.8, 4) is 0 Å². The Hall–Kier alpha value is -0.240. The molecule has 0 saturated heterocycles. The summed E-state index contributed by atoms with van der Waals surface area (Å²) in [6.07, 6.45) is 0. The van der Waals surface area contributed by atoms with E-state index in [0.717, 1.165) is 9.78 Å². The summed E-state index contributed by atoms with van der Waals surface area (Å²) in [5.41, 5.74) is 0. The van der Waals surface area contributed by atoms with Gasteiger partial charge in [-0.15, -0.1) is 4.52 Å². The Balaban J connectivity index is 2.81. The monoisotopic (exact) mass is 247 g/mol. The molecule has 0 aromatic heterocycles. The quantitative estimate of drug-likeness (QED) is 0.768. The highest BCUT2D eigenvalue weighted by Crippen LogP contribution is 2.22. The van der Waals surface area contributed by atoms with Crippen molar-refractivity contribution in [2.24, 2.45) is 0 Å². The van der Waals surface area contributed by atoms with Gasteiger partial charge in [-0.05, 0) is 23.6 Å². The molecule has 0 spiro atoms. The van der Waals surface area contributed by atoms with Crippen LogP contribution >= 0.6 is 24.0 Å². The molecule has 0 radical (unpaired) electrons. The summed E-state index contributed by atoms with van der Waals surface area (Å²) in [5.74, 6) is 0. The maximum Gasteiger partial charge on any atom is 0.548 e. The zero-order valence-corrected chi connectivity index (χ0v) is 9.14. The largest absolute Gasteiger partial charge is 0.548 e. The summed E-state index contributed by atoms with van der Waals surface area (Å²) in [4.78, 5) is 0. The lowest BCUT2D eigenvalue weighted by atomic mass is 10.4. The molecule has 2 nitrogen and oxygen atoms in total. The zero-order chi connectivity index (χ0) is 8.97. The van der Waals surface area contributed by atoms with Crippen LogP contribution < -0.4 is 5.30 Å². The Morgan fingerprint density at radius 3 is 2.92 bits per heavy atom. The molecule has 64 valence electrons. The summed E-state index contributed by atoms with van der Waals surface area (Å²) in [6.45, 7) is 2.30. The molecule has 1 aromatic rings. The second-order valence-corrected chi connectivity index (χ2v) is 4.36. The van der Waals surface area contributed by atoms with Gasteiger partial charge >= 0.3 is 8.03 Å². The fourth-order valence-corrected chi connectivity index (χ4v) is 2.19. The average molecular weight is 248 g/mol. The van der Waals surface area contributed by atoms with Gasteiger partial charge in [-0.1, -0.05) is 22.0 Å². The minimum atomic E-state index is -1.67. The maximum absolute atomic E-state index is 11.3. The molecule has 0 amide bonds. The van der Waals surface area contributed by atoms with Gasteiger partial charge in [-0.2, -0.15) is 0 Å². The van der Waals surface area contributed by atoms with Crippen LogP contribution in [0.3, 0.4) is 0 Å². The lowest BCUT2D eigenvalue weighted by Crippen LogP contribution is -1.97. The van der Waals surface area contributed by atoms with E-state index in [1.54, 1.807) is 12.1 Å². The molecule has 0 heterocycles. The van der Waals surface area contributed by atoms with Gasteiger partial charge in [0, 0.05) is 10.5 Å². The van der Waals surface area contributed by atoms with Gasteiger partial charge < -0.3 is 0 Å². The molecule has 1 rings (SSSR count). The summed E-state index contributed by atoms with van der Waals surface area (Å²) in [5, 5.41) is 0.723. The summed E-state index contributed by atoms with van der Waals surface area (Å²) in [7, 11) is -1.67. The van der Waals surface area contributed by atoms with Crippen LogP contribution in [0.15, 0.2) is 28.7 Å². The number of hydrogen-bond donors (Lipinski definition) is 0. The molecular formula is C8H9BrO2P+. The third-order valence-electron chi connectivity index (χ3n) is 1.27. The van der Waals surface area contributed by atoms with Gasteiger partial charge in [0.25, 0.3) is 0 Å². The number of hydrogen-bond acceptors (Lipinski definition) is 2. The van der Waals surface area contributed by atoms with E-state index >= 15 is 0 Å². The molecule has 0 N–H and O–H groups in total. The Kier molecular flexibility index (Phi) is 3.86. The first kappa shape index (κ1) is 9.85. The van der Waals surface area contributed by atoms with Gasteiger partial charge in [0.15, 0.2) is 0 Å². The van der Waals surface area contributed by atoms with Crippen LogP contribution in [0.25, 0.3) is 0 Å². The lowest BCUT2D eigenvalue weighted by Gasteiger charge is -1.88. The minimum Gasteiger partial charge on any atom is -0.142 e. The number of halogens is 1. The van der Waals surface area contributed by atoms with E-state index < -0.39 is 8.03 Å². The van der Waals surface area contributed by atoms with E-state index in [1.165, 1.54) is 0 Å². The molecular weight excluding hydrogens is 239 g/mol. The lowest BCUT2D eigenvalue weighted by molar-refractivity contribution is 0.357. The molecule has 0 saturated carbocycles. The molecule has 0 bridgehead atoms. The van der Waals surface area contributed by atoms with Crippen molar-refractivity contribution in [2.45, 2.75) is 6.92 Å². The van der Waals surface area contributed by atoms with Gasteiger partial charge in [-0.3, -0.25) is 0 Å². The van der Waals surface area contributed by atoms with Crippen molar-refractivity contribution in [3.63, 3.8) is 0 Å². The van der Waals surface area contributed by atoms with Crippen molar-refractivity contribution in [2.75, 3.05) is 6.61 Å². The first-order valence-corrected chi connectivity index (χ1v) is 5.57. The molecule has 4 heteroatoms. The van der Waals surface area contributed by atoms with Crippen molar-refractivity contribution in [1.82, 2.24) is 0 Å². The highest BCUT2D eigenvalue weighted by atomic mass is 79.9. The van der Waals surface area contributed by atoms with Crippen LogP contribution in [0.1, 0.15) is 6.92 Å². The smallest absolute Gasteiger partial charge is 0.142 e. The fraction of sp³-hybridized carbons (Fsp3) is 0.250. The van der Waals surface area contributed by atoms with Crippen LogP contribution in [0.2, 0.25) is 0 Å².